The highest BCUT2D eigenvalue weighted by Gasteiger charge is 2.25. The molecule has 144 valence electrons. The maximum absolute atomic E-state index is 13.7. The molecule has 1 aromatic carbocycles. The minimum atomic E-state index is -0.286. The van der Waals surface area contributed by atoms with Crippen LogP contribution in [0.4, 0.5) is 10.2 Å². The first kappa shape index (κ1) is 18.2. The molecular weight excluding hydrogens is 355 g/mol. The largest absolute Gasteiger partial charge is 0.353 e. The van der Waals surface area contributed by atoms with Crippen molar-refractivity contribution in [2.45, 2.75) is 12.5 Å². The number of carbonyl (C=O) groups excluding carboxylic acids is 1. The summed E-state index contributed by atoms with van der Waals surface area (Å²) in [6, 6.07) is 16.0. The van der Waals surface area contributed by atoms with Crippen LogP contribution < -0.4 is 4.90 Å². The van der Waals surface area contributed by atoms with Gasteiger partial charge in [0.05, 0.1) is 12.5 Å². The van der Waals surface area contributed by atoms with E-state index in [-0.39, 0.29) is 17.8 Å². The van der Waals surface area contributed by atoms with E-state index in [0.29, 0.717) is 19.5 Å². The van der Waals surface area contributed by atoms with Crippen LogP contribution in [-0.2, 0) is 4.79 Å². The number of amides is 1. The van der Waals surface area contributed by atoms with Crippen LogP contribution in [0.25, 0.3) is 0 Å². The summed E-state index contributed by atoms with van der Waals surface area (Å²) in [6.45, 7) is 2.85. The Labute approximate surface area is 164 Å². The third kappa shape index (κ3) is 4.06. The highest BCUT2D eigenvalue weighted by molar-refractivity contribution is 5.77. The number of nitrogens with zero attached hydrogens (tertiary/aromatic N) is 4. The van der Waals surface area contributed by atoms with Crippen molar-refractivity contribution in [1.29, 1.82) is 0 Å². The second-order valence-corrected chi connectivity index (χ2v) is 6.96. The average molecular weight is 378 g/mol. The zero-order valence-electron chi connectivity index (χ0n) is 15.6. The highest BCUT2D eigenvalue weighted by Crippen LogP contribution is 2.24. The molecule has 0 bridgehead atoms. The van der Waals surface area contributed by atoms with Crippen molar-refractivity contribution in [2.75, 3.05) is 31.1 Å². The smallest absolute Gasteiger partial charge is 0.225 e. The topological polar surface area (TPSA) is 41.4 Å². The van der Waals surface area contributed by atoms with Crippen LogP contribution in [0.1, 0.15) is 18.0 Å². The Bertz CT molecular complexity index is 905. The summed E-state index contributed by atoms with van der Waals surface area (Å²) in [5, 5.41) is 0. The van der Waals surface area contributed by atoms with E-state index in [1.807, 2.05) is 58.3 Å². The second-order valence-electron chi connectivity index (χ2n) is 6.96. The lowest BCUT2D eigenvalue weighted by molar-refractivity contribution is -0.132. The monoisotopic (exact) mass is 378 g/mol. The Balaban J connectivity index is 1.44. The fraction of sp³-hybridized carbons (Fsp3) is 0.273. The molecule has 1 saturated heterocycles. The first-order valence-electron chi connectivity index (χ1n) is 9.52. The van der Waals surface area contributed by atoms with E-state index >= 15 is 0 Å². The standard InChI is InChI=1S/C22H23FN4O/c23-19-7-5-6-18(16-19)20(25-10-3-4-11-25)17-22(28)27-14-12-26(13-15-27)21-8-1-2-9-24-21/h1-11,16,20H,12-15,17H2/t20-/m0/s1. The van der Waals surface area contributed by atoms with Crippen molar-refractivity contribution >= 4 is 11.7 Å². The van der Waals surface area contributed by atoms with Crippen molar-refractivity contribution in [3.05, 3.63) is 84.6 Å². The van der Waals surface area contributed by atoms with Gasteiger partial charge in [-0.3, -0.25) is 4.79 Å². The third-order valence-corrected chi connectivity index (χ3v) is 5.19. The Kier molecular flexibility index (Phi) is 5.37. The minimum Gasteiger partial charge on any atom is -0.353 e. The maximum atomic E-state index is 13.7. The SMILES string of the molecule is O=C(C[C@@H](c1cccc(F)c1)n1cccc1)N1CCN(c2ccccn2)CC1. The van der Waals surface area contributed by atoms with Crippen molar-refractivity contribution < 1.29 is 9.18 Å². The van der Waals surface area contributed by atoms with Crippen molar-refractivity contribution in [3.63, 3.8) is 0 Å². The number of pyridine rings is 1. The molecule has 1 amide bonds. The summed E-state index contributed by atoms with van der Waals surface area (Å²) < 4.78 is 15.7. The molecular formula is C22H23FN4O. The maximum Gasteiger partial charge on any atom is 0.225 e. The van der Waals surface area contributed by atoms with Crippen LogP contribution in [0, 0.1) is 5.82 Å². The number of aromatic nitrogens is 2. The fourth-order valence-corrected chi connectivity index (χ4v) is 3.69. The molecule has 0 radical (unpaired) electrons. The van der Waals surface area contributed by atoms with Gasteiger partial charge in [0, 0.05) is 44.8 Å². The number of hydrogen-bond acceptors (Lipinski definition) is 3. The van der Waals surface area contributed by atoms with Gasteiger partial charge in [-0.05, 0) is 42.0 Å². The molecule has 4 rings (SSSR count). The van der Waals surface area contributed by atoms with E-state index in [9.17, 15) is 9.18 Å². The van der Waals surface area contributed by atoms with Crippen molar-refractivity contribution in [2.24, 2.45) is 0 Å². The van der Waals surface area contributed by atoms with Gasteiger partial charge in [0.15, 0.2) is 0 Å². The van der Waals surface area contributed by atoms with Crippen LogP contribution in [0.2, 0.25) is 0 Å². The quantitative estimate of drug-likeness (QED) is 0.684. The Morgan fingerprint density at radius 1 is 1.00 bits per heavy atom. The molecule has 1 aliphatic heterocycles. The summed E-state index contributed by atoms with van der Waals surface area (Å²) in [5.41, 5.74) is 0.802. The first-order valence-corrected chi connectivity index (χ1v) is 9.52. The zero-order valence-corrected chi connectivity index (χ0v) is 15.6. The van der Waals surface area contributed by atoms with E-state index in [1.165, 1.54) is 12.1 Å². The average Bonchev–Trinajstić information content (AvgIpc) is 3.27. The normalized spacial score (nSPS) is 15.5. The second kappa shape index (κ2) is 8.25. The van der Waals surface area contributed by atoms with E-state index in [0.717, 1.165) is 24.5 Å². The number of hydrogen-bond donors (Lipinski definition) is 0. The molecule has 3 heterocycles. The van der Waals surface area contributed by atoms with E-state index in [1.54, 1.807) is 12.3 Å². The number of halogens is 1. The van der Waals surface area contributed by atoms with E-state index in [2.05, 4.69) is 9.88 Å². The summed E-state index contributed by atoms with van der Waals surface area (Å²) in [4.78, 5) is 21.5. The van der Waals surface area contributed by atoms with Crippen LogP contribution in [0.5, 0.6) is 0 Å². The number of piperazine rings is 1. The van der Waals surface area contributed by atoms with Gasteiger partial charge in [0.25, 0.3) is 0 Å². The molecule has 0 saturated carbocycles. The van der Waals surface area contributed by atoms with Gasteiger partial charge in [-0.1, -0.05) is 18.2 Å². The summed E-state index contributed by atoms with van der Waals surface area (Å²) >= 11 is 0. The lowest BCUT2D eigenvalue weighted by Crippen LogP contribution is -2.49. The van der Waals surface area contributed by atoms with Crippen molar-refractivity contribution in [3.8, 4) is 0 Å². The molecule has 1 atom stereocenters. The molecule has 5 nitrogen and oxygen atoms in total. The Morgan fingerprint density at radius 3 is 2.46 bits per heavy atom. The van der Waals surface area contributed by atoms with Crippen LogP contribution in [0.15, 0.2) is 73.2 Å². The van der Waals surface area contributed by atoms with Crippen LogP contribution in [0.3, 0.4) is 0 Å². The predicted molar refractivity (Wildman–Crippen MR) is 107 cm³/mol. The fourth-order valence-electron chi connectivity index (χ4n) is 3.69. The third-order valence-electron chi connectivity index (χ3n) is 5.19. The zero-order chi connectivity index (χ0) is 19.3. The number of carbonyl (C=O) groups is 1. The van der Waals surface area contributed by atoms with Gasteiger partial charge >= 0.3 is 0 Å². The molecule has 0 unspecified atom stereocenters. The minimum absolute atomic E-state index is 0.0867. The van der Waals surface area contributed by atoms with Crippen LogP contribution in [-0.4, -0.2) is 46.5 Å². The Hall–Kier alpha value is -3.15. The predicted octanol–water partition coefficient (Wildman–Crippen LogP) is 3.35. The van der Waals surface area contributed by atoms with E-state index < -0.39 is 0 Å². The number of anilines is 1. The summed E-state index contributed by atoms with van der Waals surface area (Å²) in [5.74, 6) is 0.745. The molecule has 3 aromatic rings. The van der Waals surface area contributed by atoms with Gasteiger partial charge in [0.2, 0.25) is 5.91 Å². The summed E-state index contributed by atoms with van der Waals surface area (Å²) in [7, 11) is 0. The van der Waals surface area contributed by atoms with Crippen molar-refractivity contribution in [1.82, 2.24) is 14.5 Å². The highest BCUT2D eigenvalue weighted by atomic mass is 19.1. The number of benzene rings is 1. The molecule has 2 aromatic heterocycles. The molecule has 1 aliphatic rings. The first-order chi connectivity index (χ1) is 13.7. The molecule has 1 fully saturated rings. The van der Waals surface area contributed by atoms with Gasteiger partial charge in [0.1, 0.15) is 11.6 Å². The molecule has 0 aliphatic carbocycles. The molecule has 0 N–H and O–H groups in total. The number of rotatable bonds is 5. The molecule has 6 heteroatoms. The molecule has 0 spiro atoms. The lowest BCUT2D eigenvalue weighted by atomic mass is 10.0. The van der Waals surface area contributed by atoms with Gasteiger partial charge in [-0.25, -0.2) is 9.37 Å². The molecule has 28 heavy (non-hydrogen) atoms. The van der Waals surface area contributed by atoms with Crippen LogP contribution >= 0.6 is 0 Å². The summed E-state index contributed by atoms with van der Waals surface area (Å²) in [6.07, 6.45) is 5.93. The van der Waals surface area contributed by atoms with E-state index in [4.69, 9.17) is 0 Å². The van der Waals surface area contributed by atoms with Gasteiger partial charge < -0.3 is 14.4 Å². The Morgan fingerprint density at radius 2 is 1.79 bits per heavy atom. The lowest BCUT2D eigenvalue weighted by Gasteiger charge is -2.36. The van der Waals surface area contributed by atoms with Gasteiger partial charge in [-0.15, -0.1) is 0 Å². The van der Waals surface area contributed by atoms with Gasteiger partial charge in [-0.2, -0.15) is 0 Å².